The summed E-state index contributed by atoms with van der Waals surface area (Å²) in [4.78, 5) is 18.6. The highest BCUT2D eigenvalue weighted by atomic mass is 16.1. The summed E-state index contributed by atoms with van der Waals surface area (Å²) in [5.74, 6) is 0.669. The second-order valence-electron chi connectivity index (χ2n) is 5.77. The summed E-state index contributed by atoms with van der Waals surface area (Å²) >= 11 is 0. The maximum Gasteiger partial charge on any atom is 0.269 e. The monoisotopic (exact) mass is 259 g/mol. The number of aromatic nitrogens is 1. The van der Waals surface area contributed by atoms with Crippen molar-refractivity contribution in [1.82, 2.24) is 15.2 Å². The zero-order chi connectivity index (χ0) is 13.2. The molecule has 4 heteroatoms. The predicted octanol–water partition coefficient (Wildman–Crippen LogP) is 1.99. The van der Waals surface area contributed by atoms with Crippen molar-refractivity contribution in [3.8, 4) is 0 Å². The van der Waals surface area contributed by atoms with E-state index in [1.807, 2.05) is 12.1 Å². The van der Waals surface area contributed by atoms with Crippen molar-refractivity contribution in [3.05, 3.63) is 29.6 Å². The minimum atomic E-state index is -0.0330. The highest BCUT2D eigenvalue weighted by Crippen LogP contribution is 2.30. The first-order valence-corrected chi connectivity index (χ1v) is 7.18. The molecule has 0 bridgehead atoms. The average molecular weight is 259 g/mol. The molecule has 1 saturated heterocycles. The number of nitrogens with zero attached hydrogens (tertiary/aromatic N) is 2. The van der Waals surface area contributed by atoms with Gasteiger partial charge >= 0.3 is 0 Å². The van der Waals surface area contributed by atoms with E-state index in [2.05, 4.69) is 22.2 Å². The molecule has 0 aromatic carbocycles. The predicted molar refractivity (Wildman–Crippen MR) is 73.9 cm³/mol. The van der Waals surface area contributed by atoms with Crippen LogP contribution in [0.15, 0.2) is 18.3 Å². The number of amides is 1. The van der Waals surface area contributed by atoms with Gasteiger partial charge in [0.1, 0.15) is 5.69 Å². The van der Waals surface area contributed by atoms with Gasteiger partial charge in [0.2, 0.25) is 0 Å². The van der Waals surface area contributed by atoms with Crippen molar-refractivity contribution >= 4 is 5.91 Å². The molecular weight excluding hydrogens is 238 g/mol. The molecular formula is C15H21N3O. The van der Waals surface area contributed by atoms with E-state index in [1.165, 1.54) is 31.2 Å². The minimum Gasteiger partial charge on any atom is -0.350 e. The lowest BCUT2D eigenvalue weighted by atomic mass is 10.1. The van der Waals surface area contributed by atoms with Crippen LogP contribution in [0.5, 0.6) is 0 Å². The molecule has 1 N–H and O–H groups in total. The molecule has 1 aliphatic carbocycles. The highest BCUT2D eigenvalue weighted by Gasteiger charge is 2.24. The maximum absolute atomic E-state index is 12.0. The molecule has 0 spiro atoms. The fourth-order valence-corrected chi connectivity index (χ4v) is 2.76. The van der Waals surface area contributed by atoms with Crippen molar-refractivity contribution in [2.24, 2.45) is 5.92 Å². The van der Waals surface area contributed by atoms with Crippen molar-refractivity contribution in [3.63, 3.8) is 0 Å². The van der Waals surface area contributed by atoms with Crippen molar-refractivity contribution in [1.29, 1.82) is 0 Å². The molecule has 102 valence electrons. The van der Waals surface area contributed by atoms with Crippen LogP contribution in [0.3, 0.4) is 0 Å². The van der Waals surface area contributed by atoms with Gasteiger partial charge in [-0.2, -0.15) is 0 Å². The van der Waals surface area contributed by atoms with E-state index in [1.54, 1.807) is 6.20 Å². The van der Waals surface area contributed by atoms with Crippen LogP contribution in [0.2, 0.25) is 0 Å². The van der Waals surface area contributed by atoms with Crippen molar-refractivity contribution < 1.29 is 4.79 Å². The summed E-state index contributed by atoms with van der Waals surface area (Å²) in [6.45, 7) is 1.93. The Hall–Kier alpha value is -1.42. The third-order valence-corrected chi connectivity index (χ3v) is 4.17. The van der Waals surface area contributed by atoms with Gasteiger partial charge in [0, 0.05) is 18.8 Å². The molecule has 2 aliphatic rings. The van der Waals surface area contributed by atoms with Crippen LogP contribution in [0.4, 0.5) is 0 Å². The highest BCUT2D eigenvalue weighted by molar-refractivity contribution is 5.92. The first-order valence-electron chi connectivity index (χ1n) is 7.18. The van der Waals surface area contributed by atoms with Gasteiger partial charge in [-0.15, -0.1) is 0 Å². The molecule has 1 aromatic heterocycles. The second kappa shape index (κ2) is 5.29. The fourth-order valence-electron chi connectivity index (χ4n) is 2.76. The Balaban J connectivity index is 1.69. The van der Waals surface area contributed by atoms with Gasteiger partial charge < -0.3 is 5.32 Å². The van der Waals surface area contributed by atoms with Gasteiger partial charge in [-0.25, -0.2) is 0 Å². The maximum atomic E-state index is 12.0. The lowest BCUT2D eigenvalue weighted by Gasteiger charge is -2.19. The molecule has 1 amide bonds. The summed E-state index contributed by atoms with van der Waals surface area (Å²) in [7, 11) is 2.14. The zero-order valence-corrected chi connectivity index (χ0v) is 11.4. The molecule has 1 aliphatic heterocycles. The number of rotatable bonds is 4. The molecule has 2 heterocycles. The number of nitrogens with one attached hydrogen (secondary N) is 1. The first-order chi connectivity index (χ1) is 9.24. The van der Waals surface area contributed by atoms with Crippen LogP contribution >= 0.6 is 0 Å². The molecule has 1 atom stereocenters. The first kappa shape index (κ1) is 12.6. The number of pyridine rings is 1. The Morgan fingerprint density at radius 2 is 2.32 bits per heavy atom. The second-order valence-corrected chi connectivity index (χ2v) is 5.77. The SMILES string of the molecule is CN1CCCC1c1ccnc(C(=O)NCC2CC2)c1. The lowest BCUT2D eigenvalue weighted by molar-refractivity contribution is 0.0946. The van der Waals surface area contributed by atoms with Gasteiger partial charge in [-0.05, 0) is 62.9 Å². The van der Waals surface area contributed by atoms with Crippen LogP contribution in [0, 0.1) is 5.92 Å². The minimum absolute atomic E-state index is 0.0330. The average Bonchev–Trinajstić information content (AvgIpc) is 3.17. The van der Waals surface area contributed by atoms with Gasteiger partial charge in [-0.3, -0.25) is 14.7 Å². The molecule has 1 aromatic rings. The van der Waals surface area contributed by atoms with E-state index >= 15 is 0 Å². The van der Waals surface area contributed by atoms with E-state index in [0.717, 1.165) is 13.1 Å². The number of likely N-dealkylation sites (tertiary alicyclic amines) is 1. The van der Waals surface area contributed by atoms with Gasteiger partial charge in [0.15, 0.2) is 0 Å². The van der Waals surface area contributed by atoms with Crippen LogP contribution < -0.4 is 5.32 Å². The quantitative estimate of drug-likeness (QED) is 0.899. The molecule has 1 unspecified atom stereocenters. The Morgan fingerprint density at radius 1 is 1.47 bits per heavy atom. The number of carbonyl (C=O) groups is 1. The fraction of sp³-hybridized carbons (Fsp3) is 0.600. The van der Waals surface area contributed by atoms with E-state index < -0.39 is 0 Å². The van der Waals surface area contributed by atoms with E-state index in [9.17, 15) is 4.79 Å². The number of hydrogen-bond acceptors (Lipinski definition) is 3. The molecule has 3 rings (SSSR count). The van der Waals surface area contributed by atoms with Crippen LogP contribution in [0.1, 0.15) is 47.8 Å². The summed E-state index contributed by atoms with van der Waals surface area (Å²) in [5.41, 5.74) is 1.77. The zero-order valence-electron chi connectivity index (χ0n) is 11.4. The Morgan fingerprint density at radius 3 is 3.00 bits per heavy atom. The Labute approximate surface area is 114 Å². The summed E-state index contributed by atoms with van der Waals surface area (Å²) in [6.07, 6.45) is 6.66. The Bertz CT molecular complexity index is 470. The summed E-state index contributed by atoms with van der Waals surface area (Å²) < 4.78 is 0. The van der Waals surface area contributed by atoms with Crippen LogP contribution in [-0.2, 0) is 0 Å². The smallest absolute Gasteiger partial charge is 0.269 e. The summed E-state index contributed by atoms with van der Waals surface area (Å²) in [5, 5.41) is 2.97. The van der Waals surface area contributed by atoms with Crippen LogP contribution in [-0.4, -0.2) is 35.9 Å². The largest absolute Gasteiger partial charge is 0.350 e. The third-order valence-electron chi connectivity index (χ3n) is 4.17. The van der Waals surface area contributed by atoms with E-state index in [0.29, 0.717) is 17.7 Å². The molecule has 19 heavy (non-hydrogen) atoms. The van der Waals surface area contributed by atoms with Crippen LogP contribution in [0.25, 0.3) is 0 Å². The normalized spacial score (nSPS) is 23.5. The number of carbonyl (C=O) groups excluding carboxylic acids is 1. The van der Waals surface area contributed by atoms with E-state index in [-0.39, 0.29) is 5.91 Å². The van der Waals surface area contributed by atoms with Crippen molar-refractivity contribution in [2.45, 2.75) is 31.7 Å². The third kappa shape index (κ3) is 2.95. The lowest BCUT2D eigenvalue weighted by Crippen LogP contribution is -2.27. The van der Waals surface area contributed by atoms with E-state index in [4.69, 9.17) is 0 Å². The molecule has 0 radical (unpaired) electrons. The van der Waals surface area contributed by atoms with Gasteiger partial charge in [0.05, 0.1) is 0 Å². The number of hydrogen-bond donors (Lipinski definition) is 1. The van der Waals surface area contributed by atoms with Gasteiger partial charge in [0.25, 0.3) is 5.91 Å². The standard InChI is InChI=1S/C15H21N3O/c1-18-8-2-3-14(18)12-6-7-16-13(9-12)15(19)17-10-11-4-5-11/h6-7,9,11,14H,2-5,8,10H2,1H3,(H,17,19). The summed E-state index contributed by atoms with van der Waals surface area (Å²) in [6, 6.07) is 4.43. The Kier molecular flexibility index (Phi) is 3.51. The molecule has 1 saturated carbocycles. The molecule has 4 nitrogen and oxygen atoms in total. The molecule has 2 fully saturated rings. The van der Waals surface area contributed by atoms with Gasteiger partial charge in [-0.1, -0.05) is 0 Å². The van der Waals surface area contributed by atoms with Crippen molar-refractivity contribution in [2.75, 3.05) is 20.1 Å². The topological polar surface area (TPSA) is 45.2 Å².